The van der Waals surface area contributed by atoms with Crippen LogP contribution in [-0.4, -0.2) is 29.8 Å². The molecule has 2 heterocycles. The molecule has 1 aromatic heterocycles. The van der Waals surface area contributed by atoms with Gasteiger partial charge in [0.25, 0.3) is 0 Å². The van der Waals surface area contributed by atoms with E-state index < -0.39 is 11.7 Å². The molecule has 132 valence electrons. The minimum absolute atomic E-state index is 0.168. The van der Waals surface area contributed by atoms with Crippen molar-refractivity contribution in [2.45, 2.75) is 38.9 Å². The van der Waals surface area contributed by atoms with Crippen LogP contribution in [0.5, 0.6) is 0 Å². The summed E-state index contributed by atoms with van der Waals surface area (Å²) in [5.41, 5.74) is 4.11. The van der Waals surface area contributed by atoms with Gasteiger partial charge in [0.15, 0.2) is 0 Å². The zero-order valence-electron chi connectivity index (χ0n) is 14.9. The van der Waals surface area contributed by atoms with Gasteiger partial charge >= 0.3 is 6.09 Å². The van der Waals surface area contributed by atoms with Crippen LogP contribution in [0.1, 0.15) is 38.0 Å². The second kappa shape index (κ2) is 7.23. The maximum atomic E-state index is 11.9. The van der Waals surface area contributed by atoms with Gasteiger partial charge in [-0.15, -0.1) is 0 Å². The molecule has 1 aliphatic rings. The van der Waals surface area contributed by atoms with E-state index in [0.29, 0.717) is 13.2 Å². The van der Waals surface area contributed by atoms with Crippen molar-refractivity contribution in [3.05, 3.63) is 53.9 Å². The van der Waals surface area contributed by atoms with Crippen molar-refractivity contribution in [2.24, 2.45) is 0 Å². The van der Waals surface area contributed by atoms with Crippen LogP contribution in [0.4, 0.5) is 4.79 Å². The molecule has 0 saturated heterocycles. The normalized spacial score (nSPS) is 16.8. The van der Waals surface area contributed by atoms with Crippen molar-refractivity contribution in [1.82, 2.24) is 10.3 Å². The molecule has 1 aliphatic heterocycles. The van der Waals surface area contributed by atoms with Gasteiger partial charge in [-0.3, -0.25) is 4.98 Å². The van der Waals surface area contributed by atoms with Gasteiger partial charge in [-0.05, 0) is 67.6 Å². The highest BCUT2D eigenvalue weighted by molar-refractivity contribution is 5.68. The van der Waals surface area contributed by atoms with Crippen molar-refractivity contribution in [3.8, 4) is 11.1 Å². The summed E-state index contributed by atoms with van der Waals surface area (Å²) in [4.78, 5) is 16.0. The number of carbonyl (C=O) groups is 1. The van der Waals surface area contributed by atoms with Crippen molar-refractivity contribution in [1.29, 1.82) is 0 Å². The molecule has 1 amide bonds. The highest BCUT2D eigenvalue weighted by Gasteiger charge is 2.23. The molecule has 2 aromatic rings. The summed E-state index contributed by atoms with van der Waals surface area (Å²) in [5.74, 6) is 0. The summed E-state index contributed by atoms with van der Waals surface area (Å²) in [6.45, 7) is 6.59. The Bertz CT molecular complexity index is 738. The zero-order chi connectivity index (χ0) is 17.9. The van der Waals surface area contributed by atoms with Crippen LogP contribution in [-0.2, 0) is 15.9 Å². The molecule has 1 aromatic carbocycles. The number of aromatic nitrogens is 1. The Hall–Kier alpha value is -2.40. The average molecular weight is 340 g/mol. The first-order valence-electron chi connectivity index (χ1n) is 8.54. The number of pyridine rings is 1. The number of carbonyl (C=O) groups excluding carboxylic acids is 1. The number of rotatable bonds is 3. The number of hydrogen-bond acceptors (Lipinski definition) is 4. The molecule has 1 N–H and O–H groups in total. The summed E-state index contributed by atoms with van der Waals surface area (Å²) >= 11 is 0. The number of nitrogens with zero attached hydrogens (tertiary/aromatic N) is 1. The maximum absolute atomic E-state index is 11.9. The summed E-state index contributed by atoms with van der Waals surface area (Å²) in [5, 5.41) is 2.81. The number of alkyl carbamates (subject to hydrolysis) is 1. The molecule has 0 saturated carbocycles. The van der Waals surface area contributed by atoms with Gasteiger partial charge in [0.05, 0.1) is 13.2 Å². The van der Waals surface area contributed by atoms with Crippen LogP contribution in [0.25, 0.3) is 11.1 Å². The molecule has 0 aliphatic carbocycles. The fourth-order valence-electron chi connectivity index (χ4n) is 2.91. The third-order valence-corrected chi connectivity index (χ3v) is 4.03. The van der Waals surface area contributed by atoms with E-state index in [2.05, 4.69) is 28.5 Å². The molecule has 3 rings (SSSR count). The molecular formula is C20H24N2O3. The first kappa shape index (κ1) is 17.4. The SMILES string of the molecule is CC(C)(C)OC(=O)NC[C@@H]1OCCc2ccc(-c3ccncc3)cc21. The van der Waals surface area contributed by atoms with Gasteiger partial charge in [-0.2, -0.15) is 0 Å². The maximum Gasteiger partial charge on any atom is 0.407 e. The van der Waals surface area contributed by atoms with E-state index in [-0.39, 0.29) is 6.10 Å². The number of ether oxygens (including phenoxy) is 2. The predicted molar refractivity (Wildman–Crippen MR) is 96.3 cm³/mol. The van der Waals surface area contributed by atoms with Crippen LogP contribution in [0.3, 0.4) is 0 Å². The van der Waals surface area contributed by atoms with E-state index in [1.165, 1.54) is 5.56 Å². The minimum Gasteiger partial charge on any atom is -0.444 e. The summed E-state index contributed by atoms with van der Waals surface area (Å²) in [7, 11) is 0. The predicted octanol–water partition coefficient (Wildman–Crippen LogP) is 3.89. The Morgan fingerprint density at radius 1 is 1.24 bits per heavy atom. The lowest BCUT2D eigenvalue weighted by Gasteiger charge is -2.27. The van der Waals surface area contributed by atoms with Crippen molar-refractivity contribution in [2.75, 3.05) is 13.2 Å². The average Bonchev–Trinajstić information content (AvgIpc) is 2.59. The monoisotopic (exact) mass is 340 g/mol. The van der Waals surface area contributed by atoms with Crippen LogP contribution >= 0.6 is 0 Å². The summed E-state index contributed by atoms with van der Waals surface area (Å²) in [6.07, 6.45) is 3.86. The van der Waals surface area contributed by atoms with Crippen molar-refractivity contribution < 1.29 is 14.3 Å². The Morgan fingerprint density at radius 2 is 2.00 bits per heavy atom. The van der Waals surface area contributed by atoms with E-state index in [9.17, 15) is 4.79 Å². The Balaban J connectivity index is 1.75. The number of nitrogens with one attached hydrogen (secondary N) is 1. The van der Waals surface area contributed by atoms with Crippen molar-refractivity contribution >= 4 is 6.09 Å². The molecule has 0 radical (unpaired) electrons. The third kappa shape index (κ3) is 4.57. The second-order valence-corrected chi connectivity index (χ2v) is 7.14. The number of hydrogen-bond donors (Lipinski definition) is 1. The highest BCUT2D eigenvalue weighted by Crippen LogP contribution is 2.31. The standard InChI is InChI=1S/C20H24N2O3/c1-20(2,3)25-19(23)22-13-18-17-12-16(14-6-9-21-10-7-14)5-4-15(17)8-11-24-18/h4-7,9-10,12,18H,8,11,13H2,1-3H3,(H,22,23)/t18-/m0/s1. The van der Waals surface area contributed by atoms with E-state index in [0.717, 1.165) is 23.1 Å². The van der Waals surface area contributed by atoms with Gasteiger partial charge in [0, 0.05) is 12.4 Å². The number of benzene rings is 1. The van der Waals surface area contributed by atoms with Crippen LogP contribution in [0.15, 0.2) is 42.7 Å². The number of fused-ring (bicyclic) bond motifs is 1. The van der Waals surface area contributed by atoms with Gasteiger partial charge < -0.3 is 14.8 Å². The fourth-order valence-corrected chi connectivity index (χ4v) is 2.91. The molecule has 0 fully saturated rings. The van der Waals surface area contributed by atoms with Gasteiger partial charge in [0.1, 0.15) is 11.7 Å². The molecule has 0 spiro atoms. The topological polar surface area (TPSA) is 60.5 Å². The first-order valence-corrected chi connectivity index (χ1v) is 8.54. The third-order valence-electron chi connectivity index (χ3n) is 4.03. The van der Waals surface area contributed by atoms with Gasteiger partial charge in [-0.25, -0.2) is 4.79 Å². The lowest BCUT2D eigenvalue weighted by Crippen LogP contribution is -2.36. The van der Waals surface area contributed by atoms with E-state index >= 15 is 0 Å². The Morgan fingerprint density at radius 3 is 2.72 bits per heavy atom. The van der Waals surface area contributed by atoms with Gasteiger partial charge in [-0.1, -0.05) is 12.1 Å². The largest absolute Gasteiger partial charge is 0.444 e. The highest BCUT2D eigenvalue weighted by atomic mass is 16.6. The Kier molecular flexibility index (Phi) is 5.04. The van der Waals surface area contributed by atoms with E-state index in [1.54, 1.807) is 12.4 Å². The molecule has 0 bridgehead atoms. The second-order valence-electron chi connectivity index (χ2n) is 7.14. The number of amides is 1. The van der Waals surface area contributed by atoms with Crippen LogP contribution < -0.4 is 5.32 Å². The molecule has 5 nitrogen and oxygen atoms in total. The molecular weight excluding hydrogens is 316 g/mol. The fraction of sp³-hybridized carbons (Fsp3) is 0.400. The van der Waals surface area contributed by atoms with E-state index in [1.807, 2.05) is 32.9 Å². The molecule has 1 atom stereocenters. The van der Waals surface area contributed by atoms with Gasteiger partial charge in [0.2, 0.25) is 0 Å². The smallest absolute Gasteiger partial charge is 0.407 e. The Labute approximate surface area is 148 Å². The summed E-state index contributed by atoms with van der Waals surface area (Å²) < 4.78 is 11.2. The molecule has 5 heteroatoms. The molecule has 25 heavy (non-hydrogen) atoms. The summed E-state index contributed by atoms with van der Waals surface area (Å²) in [6, 6.07) is 10.4. The minimum atomic E-state index is -0.510. The first-order chi connectivity index (χ1) is 11.9. The van der Waals surface area contributed by atoms with E-state index in [4.69, 9.17) is 9.47 Å². The molecule has 0 unspecified atom stereocenters. The van der Waals surface area contributed by atoms with Crippen LogP contribution in [0.2, 0.25) is 0 Å². The lowest BCUT2D eigenvalue weighted by atomic mass is 9.93. The van der Waals surface area contributed by atoms with Crippen molar-refractivity contribution in [3.63, 3.8) is 0 Å². The quantitative estimate of drug-likeness (QED) is 0.921. The lowest BCUT2D eigenvalue weighted by molar-refractivity contribution is 0.0289. The zero-order valence-corrected chi connectivity index (χ0v) is 14.9. The van der Waals surface area contributed by atoms with Crippen LogP contribution in [0, 0.1) is 0 Å².